The van der Waals surface area contributed by atoms with Gasteiger partial charge in [0.1, 0.15) is 0 Å². The predicted octanol–water partition coefficient (Wildman–Crippen LogP) is 2.84. The van der Waals surface area contributed by atoms with Gasteiger partial charge in [0.2, 0.25) is 0 Å². The van der Waals surface area contributed by atoms with E-state index in [1.165, 1.54) is 11.1 Å². The van der Waals surface area contributed by atoms with Gasteiger partial charge in [-0.2, -0.15) is 0 Å². The molecule has 3 heteroatoms. The number of aryl methyl sites for hydroxylation is 1. The average molecular weight is 263 g/mol. The summed E-state index contributed by atoms with van der Waals surface area (Å²) >= 11 is 0. The number of ether oxygens (including phenoxy) is 2. The molecule has 0 aliphatic carbocycles. The molecular weight excluding hydrogens is 238 g/mol. The van der Waals surface area contributed by atoms with E-state index in [4.69, 9.17) is 9.47 Å². The van der Waals surface area contributed by atoms with Crippen molar-refractivity contribution in [2.75, 3.05) is 20.3 Å². The highest BCUT2D eigenvalue weighted by atomic mass is 16.5. The standard InChI is InChI=1S/C16H25NO2/c1-12-6-8-14(9-7-12)16(17-3)13(2)19-11-15-5-4-10-18-15/h6-9,13,15-17H,4-5,10-11H2,1-3H3. The highest BCUT2D eigenvalue weighted by Gasteiger charge is 2.21. The third kappa shape index (κ3) is 4.03. The average Bonchev–Trinajstić information content (AvgIpc) is 2.92. The van der Waals surface area contributed by atoms with E-state index < -0.39 is 0 Å². The van der Waals surface area contributed by atoms with Gasteiger partial charge in [0.25, 0.3) is 0 Å². The monoisotopic (exact) mass is 263 g/mol. The van der Waals surface area contributed by atoms with Crippen molar-refractivity contribution in [1.29, 1.82) is 0 Å². The number of likely N-dealkylation sites (N-methyl/N-ethyl adjacent to an activating group) is 1. The molecule has 1 aliphatic heterocycles. The van der Waals surface area contributed by atoms with E-state index >= 15 is 0 Å². The zero-order valence-electron chi connectivity index (χ0n) is 12.2. The summed E-state index contributed by atoms with van der Waals surface area (Å²) in [5.41, 5.74) is 2.56. The summed E-state index contributed by atoms with van der Waals surface area (Å²) < 4.78 is 11.6. The van der Waals surface area contributed by atoms with Crippen molar-refractivity contribution < 1.29 is 9.47 Å². The van der Waals surface area contributed by atoms with Crippen LogP contribution >= 0.6 is 0 Å². The number of rotatable bonds is 6. The predicted molar refractivity (Wildman–Crippen MR) is 77.4 cm³/mol. The van der Waals surface area contributed by atoms with Crippen LogP contribution in [0.4, 0.5) is 0 Å². The summed E-state index contributed by atoms with van der Waals surface area (Å²) in [6, 6.07) is 8.85. The zero-order valence-corrected chi connectivity index (χ0v) is 12.2. The van der Waals surface area contributed by atoms with E-state index in [9.17, 15) is 0 Å². The van der Waals surface area contributed by atoms with E-state index in [2.05, 4.69) is 43.4 Å². The fraction of sp³-hybridized carbons (Fsp3) is 0.625. The first-order valence-electron chi connectivity index (χ1n) is 7.17. The maximum Gasteiger partial charge on any atom is 0.0809 e. The number of hydrogen-bond donors (Lipinski definition) is 1. The summed E-state index contributed by atoms with van der Waals surface area (Å²) in [6.07, 6.45) is 2.71. The van der Waals surface area contributed by atoms with E-state index in [1.807, 2.05) is 7.05 Å². The van der Waals surface area contributed by atoms with Gasteiger partial charge in [0, 0.05) is 6.61 Å². The van der Waals surface area contributed by atoms with E-state index in [-0.39, 0.29) is 18.2 Å². The smallest absolute Gasteiger partial charge is 0.0809 e. The first-order valence-corrected chi connectivity index (χ1v) is 7.17. The second-order valence-electron chi connectivity index (χ2n) is 5.35. The summed E-state index contributed by atoms with van der Waals surface area (Å²) in [5.74, 6) is 0. The Bertz CT molecular complexity index is 371. The normalized spacial score (nSPS) is 22.4. The second kappa shape index (κ2) is 7.04. The number of benzene rings is 1. The van der Waals surface area contributed by atoms with Crippen LogP contribution in [0, 0.1) is 6.92 Å². The van der Waals surface area contributed by atoms with Crippen molar-refractivity contribution in [3.05, 3.63) is 35.4 Å². The molecule has 0 bridgehead atoms. The summed E-state index contributed by atoms with van der Waals surface area (Å²) in [6.45, 7) is 5.81. The van der Waals surface area contributed by atoms with Crippen LogP contribution in [0.2, 0.25) is 0 Å². The minimum Gasteiger partial charge on any atom is -0.376 e. The molecule has 1 aromatic carbocycles. The molecule has 0 saturated carbocycles. The van der Waals surface area contributed by atoms with Gasteiger partial charge in [-0.15, -0.1) is 0 Å². The van der Waals surface area contributed by atoms with Gasteiger partial charge in [-0.3, -0.25) is 0 Å². The first kappa shape index (κ1) is 14.5. The molecule has 3 unspecified atom stereocenters. The third-order valence-electron chi connectivity index (χ3n) is 3.79. The Labute approximate surface area is 116 Å². The van der Waals surface area contributed by atoms with Crippen molar-refractivity contribution in [3.8, 4) is 0 Å². The van der Waals surface area contributed by atoms with Crippen LogP contribution in [0.3, 0.4) is 0 Å². The molecule has 1 saturated heterocycles. The summed E-state index contributed by atoms with van der Waals surface area (Å²) in [5, 5.41) is 3.35. The van der Waals surface area contributed by atoms with Crippen molar-refractivity contribution in [2.24, 2.45) is 0 Å². The lowest BCUT2D eigenvalue weighted by Gasteiger charge is -2.25. The van der Waals surface area contributed by atoms with Crippen LogP contribution in [0.25, 0.3) is 0 Å². The topological polar surface area (TPSA) is 30.5 Å². The molecule has 1 aromatic rings. The van der Waals surface area contributed by atoms with Crippen LogP contribution in [-0.2, 0) is 9.47 Å². The van der Waals surface area contributed by atoms with Crippen molar-refractivity contribution >= 4 is 0 Å². The minimum absolute atomic E-state index is 0.136. The van der Waals surface area contributed by atoms with E-state index in [0.717, 1.165) is 19.4 Å². The van der Waals surface area contributed by atoms with Crippen molar-refractivity contribution in [2.45, 2.75) is 44.9 Å². The quantitative estimate of drug-likeness (QED) is 0.856. The summed E-state index contributed by atoms with van der Waals surface area (Å²) in [4.78, 5) is 0. The third-order valence-corrected chi connectivity index (χ3v) is 3.79. The van der Waals surface area contributed by atoms with Crippen LogP contribution in [0.15, 0.2) is 24.3 Å². The Balaban J connectivity index is 1.90. The maximum absolute atomic E-state index is 5.98. The van der Waals surface area contributed by atoms with Crippen LogP contribution < -0.4 is 5.32 Å². The Morgan fingerprint density at radius 3 is 2.68 bits per heavy atom. The molecule has 1 fully saturated rings. The fourth-order valence-electron chi connectivity index (χ4n) is 2.58. The molecule has 3 atom stereocenters. The lowest BCUT2D eigenvalue weighted by Crippen LogP contribution is -2.31. The zero-order chi connectivity index (χ0) is 13.7. The molecule has 0 amide bonds. The van der Waals surface area contributed by atoms with E-state index in [0.29, 0.717) is 6.61 Å². The van der Waals surface area contributed by atoms with Gasteiger partial charge in [0.05, 0.1) is 24.9 Å². The van der Waals surface area contributed by atoms with Crippen molar-refractivity contribution in [3.63, 3.8) is 0 Å². The molecule has 3 nitrogen and oxygen atoms in total. The molecule has 1 N–H and O–H groups in total. The Hall–Kier alpha value is -0.900. The Kier molecular flexibility index (Phi) is 5.37. The fourth-order valence-corrected chi connectivity index (χ4v) is 2.58. The summed E-state index contributed by atoms with van der Waals surface area (Å²) in [7, 11) is 1.98. The lowest BCUT2D eigenvalue weighted by atomic mass is 10.0. The van der Waals surface area contributed by atoms with Gasteiger partial charge < -0.3 is 14.8 Å². The number of hydrogen-bond acceptors (Lipinski definition) is 3. The maximum atomic E-state index is 5.98. The molecular formula is C16H25NO2. The molecule has 0 spiro atoms. The van der Waals surface area contributed by atoms with Gasteiger partial charge in [0.15, 0.2) is 0 Å². The molecule has 0 radical (unpaired) electrons. The first-order chi connectivity index (χ1) is 9.20. The Morgan fingerprint density at radius 1 is 1.37 bits per heavy atom. The van der Waals surface area contributed by atoms with Crippen molar-refractivity contribution in [1.82, 2.24) is 5.32 Å². The molecule has 2 rings (SSSR count). The molecule has 1 heterocycles. The van der Waals surface area contributed by atoms with Gasteiger partial charge in [-0.25, -0.2) is 0 Å². The lowest BCUT2D eigenvalue weighted by molar-refractivity contribution is -0.0261. The SMILES string of the molecule is CNC(c1ccc(C)cc1)C(C)OCC1CCCO1. The Morgan fingerprint density at radius 2 is 2.11 bits per heavy atom. The molecule has 1 aliphatic rings. The van der Waals surface area contributed by atoms with Gasteiger partial charge in [-0.05, 0) is 39.3 Å². The highest BCUT2D eigenvalue weighted by Crippen LogP contribution is 2.21. The highest BCUT2D eigenvalue weighted by molar-refractivity contribution is 5.24. The van der Waals surface area contributed by atoms with Crippen LogP contribution in [0.5, 0.6) is 0 Å². The van der Waals surface area contributed by atoms with Crippen LogP contribution in [-0.4, -0.2) is 32.5 Å². The van der Waals surface area contributed by atoms with E-state index in [1.54, 1.807) is 0 Å². The second-order valence-corrected chi connectivity index (χ2v) is 5.35. The molecule has 106 valence electrons. The minimum atomic E-state index is 0.136. The van der Waals surface area contributed by atoms with Crippen LogP contribution in [0.1, 0.15) is 36.9 Å². The largest absolute Gasteiger partial charge is 0.376 e. The van der Waals surface area contributed by atoms with Gasteiger partial charge >= 0.3 is 0 Å². The molecule has 0 aromatic heterocycles. The number of nitrogens with one attached hydrogen (secondary N) is 1. The molecule has 19 heavy (non-hydrogen) atoms. The van der Waals surface area contributed by atoms with Gasteiger partial charge in [-0.1, -0.05) is 29.8 Å².